The monoisotopic (exact) mass is 498 g/mol. The van der Waals surface area contributed by atoms with Crippen LogP contribution in [0.3, 0.4) is 0 Å². The maximum atomic E-state index is 13.2. The van der Waals surface area contributed by atoms with Crippen LogP contribution in [0.2, 0.25) is 0 Å². The Kier molecular flexibility index (Phi) is 6.62. The largest absolute Gasteiger partial charge is 0.343 e. The van der Waals surface area contributed by atoms with Gasteiger partial charge in [-0.3, -0.25) is 28.2 Å². The average molecular weight is 499 g/mol. The molecule has 4 rings (SSSR count). The van der Waals surface area contributed by atoms with Crippen molar-refractivity contribution in [1.82, 2.24) is 14.0 Å². The van der Waals surface area contributed by atoms with Crippen LogP contribution in [0.5, 0.6) is 0 Å². The standard InChI is InChI=1S/C24H26N4O6S/c1-16(29)17-6-5-7-18(14-17)25-35(33,34)19-8-9-21-20(15-19)23(31)28(24(32)26(21)2)13-10-22(30)27-11-3-4-12-27/h5-9,14-15,25H,3-4,10-13H2,1-2H3. The summed E-state index contributed by atoms with van der Waals surface area (Å²) in [7, 11) is -2.61. The minimum Gasteiger partial charge on any atom is -0.343 e. The van der Waals surface area contributed by atoms with E-state index in [1.54, 1.807) is 17.0 Å². The van der Waals surface area contributed by atoms with Crippen molar-refractivity contribution in [2.45, 2.75) is 37.6 Å². The minimum absolute atomic E-state index is 0.00663. The molecule has 184 valence electrons. The third kappa shape index (κ3) is 4.90. The van der Waals surface area contributed by atoms with Gasteiger partial charge in [0.25, 0.3) is 15.6 Å². The molecule has 3 aromatic rings. The minimum atomic E-state index is -4.09. The number of likely N-dealkylation sites (tertiary alicyclic amines) is 1. The highest BCUT2D eigenvalue weighted by Gasteiger charge is 2.21. The number of aromatic nitrogens is 2. The predicted molar refractivity (Wildman–Crippen MR) is 131 cm³/mol. The van der Waals surface area contributed by atoms with Crippen LogP contribution >= 0.6 is 0 Å². The van der Waals surface area contributed by atoms with Gasteiger partial charge < -0.3 is 4.90 Å². The number of rotatable bonds is 7. The second-order valence-electron chi connectivity index (χ2n) is 8.56. The summed E-state index contributed by atoms with van der Waals surface area (Å²) in [4.78, 5) is 51.5. The lowest BCUT2D eigenvalue weighted by molar-refractivity contribution is -0.130. The molecule has 1 aliphatic rings. The normalized spacial score (nSPS) is 13.8. The number of benzene rings is 2. The maximum Gasteiger partial charge on any atom is 0.331 e. The highest BCUT2D eigenvalue weighted by Crippen LogP contribution is 2.20. The molecule has 0 bridgehead atoms. The van der Waals surface area contributed by atoms with E-state index in [2.05, 4.69) is 4.72 Å². The van der Waals surface area contributed by atoms with E-state index in [0.717, 1.165) is 17.4 Å². The molecule has 0 spiro atoms. The molecule has 0 aliphatic carbocycles. The van der Waals surface area contributed by atoms with Crippen molar-refractivity contribution < 1.29 is 18.0 Å². The highest BCUT2D eigenvalue weighted by molar-refractivity contribution is 7.92. The summed E-state index contributed by atoms with van der Waals surface area (Å²) >= 11 is 0. The van der Waals surface area contributed by atoms with Gasteiger partial charge in [-0.25, -0.2) is 13.2 Å². The molecule has 1 aromatic heterocycles. The molecule has 2 aromatic carbocycles. The van der Waals surface area contributed by atoms with Crippen LogP contribution in [0, 0.1) is 0 Å². The van der Waals surface area contributed by atoms with Crippen molar-refractivity contribution >= 4 is 38.3 Å². The molecule has 2 heterocycles. The van der Waals surface area contributed by atoms with E-state index in [1.165, 1.54) is 48.9 Å². The average Bonchev–Trinajstić information content (AvgIpc) is 3.37. The highest BCUT2D eigenvalue weighted by atomic mass is 32.2. The van der Waals surface area contributed by atoms with Gasteiger partial charge in [-0.05, 0) is 50.1 Å². The Morgan fingerprint density at radius 2 is 1.74 bits per heavy atom. The number of aryl methyl sites for hydroxylation is 1. The molecule has 35 heavy (non-hydrogen) atoms. The first-order chi connectivity index (χ1) is 16.6. The molecule has 0 radical (unpaired) electrons. The summed E-state index contributed by atoms with van der Waals surface area (Å²) < 4.78 is 30.7. The van der Waals surface area contributed by atoms with E-state index in [1.807, 2.05) is 0 Å². The quantitative estimate of drug-likeness (QED) is 0.494. The fourth-order valence-corrected chi connectivity index (χ4v) is 5.28. The van der Waals surface area contributed by atoms with Gasteiger partial charge in [0.15, 0.2) is 5.78 Å². The third-order valence-electron chi connectivity index (χ3n) is 6.16. The molecule has 0 atom stereocenters. The molecule has 1 N–H and O–H groups in total. The van der Waals surface area contributed by atoms with Gasteiger partial charge in [-0.1, -0.05) is 12.1 Å². The number of sulfonamides is 1. The number of hydrogen-bond donors (Lipinski definition) is 1. The molecule has 0 unspecified atom stereocenters. The molecular formula is C24H26N4O6S. The van der Waals surface area contributed by atoms with Crippen molar-refractivity contribution in [1.29, 1.82) is 0 Å². The number of hydrogen-bond acceptors (Lipinski definition) is 6. The van der Waals surface area contributed by atoms with Gasteiger partial charge in [-0.15, -0.1) is 0 Å². The van der Waals surface area contributed by atoms with Crippen LogP contribution in [-0.4, -0.2) is 47.2 Å². The van der Waals surface area contributed by atoms with Gasteiger partial charge in [0.2, 0.25) is 5.91 Å². The Bertz CT molecular complexity index is 1550. The molecule has 10 nitrogen and oxygen atoms in total. The second kappa shape index (κ2) is 9.49. The molecule has 11 heteroatoms. The number of carbonyl (C=O) groups is 2. The zero-order chi connectivity index (χ0) is 25.3. The lowest BCUT2D eigenvalue weighted by Gasteiger charge is -2.16. The van der Waals surface area contributed by atoms with Crippen molar-refractivity contribution in [3.63, 3.8) is 0 Å². The lowest BCUT2D eigenvalue weighted by atomic mass is 10.1. The molecular weight excluding hydrogens is 472 g/mol. The molecule has 1 aliphatic heterocycles. The Morgan fingerprint density at radius 1 is 1.03 bits per heavy atom. The zero-order valence-electron chi connectivity index (χ0n) is 19.5. The van der Waals surface area contributed by atoms with E-state index in [9.17, 15) is 27.6 Å². The first-order valence-electron chi connectivity index (χ1n) is 11.2. The van der Waals surface area contributed by atoms with Crippen molar-refractivity contribution in [2.24, 2.45) is 7.05 Å². The second-order valence-corrected chi connectivity index (χ2v) is 10.2. The molecule has 1 fully saturated rings. The van der Waals surface area contributed by atoms with Crippen molar-refractivity contribution in [3.8, 4) is 0 Å². The molecule has 1 amide bonds. The lowest BCUT2D eigenvalue weighted by Crippen LogP contribution is -2.40. The summed E-state index contributed by atoms with van der Waals surface area (Å²) in [6.45, 7) is 2.63. The van der Waals surface area contributed by atoms with Crippen LogP contribution in [-0.2, 0) is 28.4 Å². The van der Waals surface area contributed by atoms with E-state index in [-0.39, 0.29) is 46.1 Å². The summed E-state index contributed by atoms with van der Waals surface area (Å²) in [5, 5.41) is 0.0427. The number of Topliss-reactive ketones (excluding diaryl/α,β-unsaturated/α-hetero) is 1. The smallest absolute Gasteiger partial charge is 0.331 e. The maximum absolute atomic E-state index is 13.2. The summed E-state index contributed by atoms with van der Waals surface area (Å²) in [6.07, 6.45) is 1.88. The molecule has 0 saturated carbocycles. The van der Waals surface area contributed by atoms with E-state index >= 15 is 0 Å². The summed E-state index contributed by atoms with van der Waals surface area (Å²) in [5.74, 6) is -0.327. The zero-order valence-corrected chi connectivity index (χ0v) is 20.3. The number of carbonyl (C=O) groups excluding carboxylic acids is 2. The number of anilines is 1. The fourth-order valence-electron chi connectivity index (χ4n) is 4.21. The van der Waals surface area contributed by atoms with Gasteiger partial charge in [0, 0.05) is 44.4 Å². The number of ketones is 1. The number of fused-ring (bicyclic) bond motifs is 1. The Labute approximate surface area is 201 Å². The van der Waals surface area contributed by atoms with Crippen molar-refractivity contribution in [2.75, 3.05) is 17.8 Å². The van der Waals surface area contributed by atoms with Gasteiger partial charge in [-0.2, -0.15) is 0 Å². The Hall–Kier alpha value is -3.73. The number of nitrogens with one attached hydrogen (secondary N) is 1. The Morgan fingerprint density at radius 3 is 2.43 bits per heavy atom. The first-order valence-corrected chi connectivity index (χ1v) is 12.7. The SMILES string of the molecule is CC(=O)c1cccc(NS(=O)(=O)c2ccc3c(c2)c(=O)n(CCC(=O)N2CCCC2)c(=O)n3C)c1. The van der Waals surface area contributed by atoms with E-state index < -0.39 is 21.3 Å². The topological polar surface area (TPSA) is 128 Å². The van der Waals surface area contributed by atoms with Gasteiger partial charge in [0.1, 0.15) is 0 Å². The Balaban J connectivity index is 1.68. The van der Waals surface area contributed by atoms with Gasteiger partial charge >= 0.3 is 5.69 Å². The third-order valence-corrected chi connectivity index (χ3v) is 7.54. The van der Waals surface area contributed by atoms with Crippen LogP contribution in [0.15, 0.2) is 56.9 Å². The van der Waals surface area contributed by atoms with Crippen molar-refractivity contribution in [3.05, 3.63) is 68.9 Å². The number of amides is 1. The first kappa shape index (κ1) is 24.4. The fraction of sp³-hybridized carbons (Fsp3) is 0.333. The van der Waals surface area contributed by atoms with E-state index in [4.69, 9.17) is 0 Å². The number of nitrogens with zero attached hydrogens (tertiary/aromatic N) is 3. The molecule has 1 saturated heterocycles. The van der Waals surface area contributed by atoms with Crippen LogP contribution in [0.4, 0.5) is 5.69 Å². The predicted octanol–water partition coefficient (Wildman–Crippen LogP) is 1.72. The van der Waals surface area contributed by atoms with Crippen LogP contribution in [0.25, 0.3) is 10.9 Å². The van der Waals surface area contributed by atoms with Gasteiger partial charge in [0.05, 0.1) is 15.8 Å². The van der Waals surface area contributed by atoms with Crippen LogP contribution < -0.4 is 16.0 Å². The van der Waals surface area contributed by atoms with E-state index in [0.29, 0.717) is 18.7 Å². The summed E-state index contributed by atoms with van der Waals surface area (Å²) in [5.41, 5.74) is -0.403. The summed E-state index contributed by atoms with van der Waals surface area (Å²) in [6, 6.07) is 10.00. The van der Waals surface area contributed by atoms with Crippen LogP contribution in [0.1, 0.15) is 36.5 Å².